The van der Waals surface area contributed by atoms with Crippen molar-refractivity contribution in [2.24, 2.45) is 0 Å². The predicted molar refractivity (Wildman–Crippen MR) is 50.5 cm³/mol. The summed E-state index contributed by atoms with van der Waals surface area (Å²) in [5.41, 5.74) is 0.375. The van der Waals surface area contributed by atoms with Crippen molar-refractivity contribution in [3.8, 4) is 0 Å². The molecule has 1 rings (SSSR count). The first kappa shape index (κ1) is 11.1. The van der Waals surface area contributed by atoms with Gasteiger partial charge in [-0.1, -0.05) is 12.1 Å². The molecule has 1 aromatic carbocycles. The summed E-state index contributed by atoms with van der Waals surface area (Å²) in [6, 6.07) is 5.51. The molecule has 0 spiro atoms. The fourth-order valence-electron chi connectivity index (χ4n) is 1.03. The van der Waals surface area contributed by atoms with Gasteiger partial charge in [0, 0.05) is 6.26 Å². The van der Waals surface area contributed by atoms with Crippen molar-refractivity contribution >= 4 is 9.84 Å². The summed E-state index contributed by atoms with van der Waals surface area (Å²) < 4.78 is 34.1. The highest BCUT2D eigenvalue weighted by Gasteiger charge is 2.09. The fourth-order valence-corrected chi connectivity index (χ4v) is 1.66. The Hall–Kier alpha value is -0.940. The molecule has 78 valence electrons. The summed E-state index contributed by atoms with van der Waals surface area (Å²) in [4.78, 5) is 0.160. The Labute approximate surface area is 82.1 Å². The van der Waals surface area contributed by atoms with Gasteiger partial charge in [0.05, 0.1) is 4.90 Å². The second-order valence-corrected chi connectivity index (χ2v) is 5.03. The van der Waals surface area contributed by atoms with E-state index >= 15 is 0 Å². The van der Waals surface area contributed by atoms with Gasteiger partial charge >= 0.3 is 0 Å². The number of benzene rings is 1. The number of sulfone groups is 1. The second kappa shape index (κ2) is 4.06. The van der Waals surface area contributed by atoms with Crippen LogP contribution >= 0.6 is 0 Å². The van der Waals surface area contributed by atoms with Crippen molar-refractivity contribution in [2.75, 3.05) is 12.9 Å². The Kier molecular flexibility index (Phi) is 3.23. The molecular formula is C9H11FO3S. The molecule has 1 atom stereocenters. The van der Waals surface area contributed by atoms with Crippen LogP contribution in [0.5, 0.6) is 0 Å². The Morgan fingerprint density at radius 1 is 1.36 bits per heavy atom. The van der Waals surface area contributed by atoms with E-state index in [1.165, 1.54) is 24.3 Å². The first-order valence-electron chi connectivity index (χ1n) is 3.99. The quantitative estimate of drug-likeness (QED) is 0.826. The standard InChI is InChI=1S/C9H11FO3S/c1-14(12,13)8-4-2-7(3-5-8)9(11)6-10/h2-5,9,11H,6H2,1H3. The van der Waals surface area contributed by atoms with E-state index in [1.807, 2.05) is 0 Å². The number of hydrogen-bond donors (Lipinski definition) is 1. The summed E-state index contributed by atoms with van der Waals surface area (Å²) >= 11 is 0. The van der Waals surface area contributed by atoms with Crippen LogP contribution in [0.4, 0.5) is 4.39 Å². The van der Waals surface area contributed by atoms with Crippen LogP contribution in [0, 0.1) is 0 Å². The van der Waals surface area contributed by atoms with Crippen molar-refractivity contribution < 1.29 is 17.9 Å². The van der Waals surface area contributed by atoms with Gasteiger partial charge in [0.1, 0.15) is 12.8 Å². The molecule has 0 saturated heterocycles. The van der Waals surface area contributed by atoms with Crippen LogP contribution in [-0.4, -0.2) is 26.5 Å². The SMILES string of the molecule is CS(=O)(=O)c1ccc(C(O)CF)cc1. The van der Waals surface area contributed by atoms with E-state index in [1.54, 1.807) is 0 Å². The molecule has 0 bridgehead atoms. The lowest BCUT2D eigenvalue weighted by molar-refractivity contribution is 0.141. The average Bonchev–Trinajstić information content (AvgIpc) is 2.15. The maximum absolute atomic E-state index is 12.0. The highest BCUT2D eigenvalue weighted by molar-refractivity contribution is 7.90. The molecule has 0 saturated carbocycles. The van der Waals surface area contributed by atoms with Crippen molar-refractivity contribution in [1.82, 2.24) is 0 Å². The molecule has 0 aliphatic carbocycles. The highest BCUT2D eigenvalue weighted by Crippen LogP contribution is 2.16. The molecule has 0 radical (unpaired) electrons. The number of alkyl halides is 1. The Morgan fingerprint density at radius 3 is 2.21 bits per heavy atom. The van der Waals surface area contributed by atoms with Crippen LogP contribution in [0.2, 0.25) is 0 Å². The van der Waals surface area contributed by atoms with Crippen LogP contribution in [-0.2, 0) is 9.84 Å². The molecule has 14 heavy (non-hydrogen) atoms. The summed E-state index contributed by atoms with van der Waals surface area (Å²) in [7, 11) is -3.23. The van der Waals surface area contributed by atoms with E-state index in [-0.39, 0.29) is 4.90 Å². The number of halogens is 1. The summed E-state index contributed by atoms with van der Waals surface area (Å²) in [6.45, 7) is -0.877. The largest absolute Gasteiger partial charge is 0.386 e. The van der Waals surface area contributed by atoms with Crippen molar-refractivity contribution in [1.29, 1.82) is 0 Å². The molecule has 5 heteroatoms. The third kappa shape index (κ3) is 2.52. The van der Waals surface area contributed by atoms with Crippen LogP contribution < -0.4 is 0 Å². The van der Waals surface area contributed by atoms with E-state index < -0.39 is 22.6 Å². The van der Waals surface area contributed by atoms with E-state index in [0.29, 0.717) is 5.56 Å². The molecule has 1 unspecified atom stereocenters. The molecular weight excluding hydrogens is 207 g/mol. The number of rotatable bonds is 3. The monoisotopic (exact) mass is 218 g/mol. The van der Waals surface area contributed by atoms with Gasteiger partial charge in [-0.2, -0.15) is 0 Å². The molecule has 0 heterocycles. The normalized spacial score (nSPS) is 13.9. The van der Waals surface area contributed by atoms with Crippen LogP contribution in [0.15, 0.2) is 29.2 Å². The van der Waals surface area contributed by atoms with Crippen molar-refractivity contribution in [3.63, 3.8) is 0 Å². The number of aliphatic hydroxyl groups is 1. The van der Waals surface area contributed by atoms with E-state index in [4.69, 9.17) is 5.11 Å². The zero-order chi connectivity index (χ0) is 10.8. The molecule has 0 aliphatic heterocycles. The first-order chi connectivity index (χ1) is 6.45. The van der Waals surface area contributed by atoms with Gasteiger partial charge < -0.3 is 5.11 Å². The molecule has 0 aromatic heterocycles. The van der Waals surface area contributed by atoms with Gasteiger partial charge in [-0.3, -0.25) is 0 Å². The van der Waals surface area contributed by atoms with Gasteiger partial charge in [0.15, 0.2) is 9.84 Å². The minimum Gasteiger partial charge on any atom is -0.386 e. The van der Waals surface area contributed by atoms with Crippen LogP contribution in [0.1, 0.15) is 11.7 Å². The number of aliphatic hydroxyl groups excluding tert-OH is 1. The minimum atomic E-state index is -3.23. The smallest absolute Gasteiger partial charge is 0.175 e. The summed E-state index contributed by atoms with van der Waals surface area (Å²) in [5, 5.41) is 9.10. The lowest BCUT2D eigenvalue weighted by Crippen LogP contribution is -2.01. The molecule has 0 fully saturated rings. The Morgan fingerprint density at radius 2 is 1.86 bits per heavy atom. The topological polar surface area (TPSA) is 54.4 Å². The van der Waals surface area contributed by atoms with Gasteiger partial charge in [0.2, 0.25) is 0 Å². The second-order valence-electron chi connectivity index (χ2n) is 3.01. The van der Waals surface area contributed by atoms with Crippen molar-refractivity contribution in [2.45, 2.75) is 11.0 Å². The van der Waals surface area contributed by atoms with Gasteiger partial charge in [-0.25, -0.2) is 12.8 Å². The molecule has 1 aromatic rings. The lowest BCUT2D eigenvalue weighted by atomic mass is 10.1. The molecule has 0 amide bonds. The van der Waals surface area contributed by atoms with Crippen LogP contribution in [0.3, 0.4) is 0 Å². The average molecular weight is 218 g/mol. The fraction of sp³-hybridized carbons (Fsp3) is 0.333. The maximum atomic E-state index is 12.0. The first-order valence-corrected chi connectivity index (χ1v) is 5.88. The van der Waals surface area contributed by atoms with Crippen LogP contribution in [0.25, 0.3) is 0 Å². The number of hydrogen-bond acceptors (Lipinski definition) is 3. The Bertz CT molecular complexity index is 397. The maximum Gasteiger partial charge on any atom is 0.175 e. The predicted octanol–water partition coefficient (Wildman–Crippen LogP) is 1.09. The van der Waals surface area contributed by atoms with Gasteiger partial charge in [0.25, 0.3) is 0 Å². The van der Waals surface area contributed by atoms with E-state index in [2.05, 4.69) is 0 Å². The van der Waals surface area contributed by atoms with Gasteiger partial charge in [-0.05, 0) is 17.7 Å². The molecule has 3 nitrogen and oxygen atoms in total. The van der Waals surface area contributed by atoms with E-state index in [9.17, 15) is 12.8 Å². The van der Waals surface area contributed by atoms with Gasteiger partial charge in [-0.15, -0.1) is 0 Å². The third-order valence-corrected chi connectivity index (χ3v) is 2.97. The molecule has 0 aliphatic rings. The highest BCUT2D eigenvalue weighted by atomic mass is 32.2. The Balaban J connectivity index is 3.01. The lowest BCUT2D eigenvalue weighted by Gasteiger charge is -2.06. The molecule has 1 N–H and O–H groups in total. The minimum absolute atomic E-state index is 0.160. The zero-order valence-corrected chi connectivity index (χ0v) is 8.46. The summed E-state index contributed by atoms with van der Waals surface area (Å²) in [5.74, 6) is 0. The summed E-state index contributed by atoms with van der Waals surface area (Å²) in [6.07, 6.45) is -0.0864. The van der Waals surface area contributed by atoms with E-state index in [0.717, 1.165) is 6.26 Å². The van der Waals surface area contributed by atoms with Crippen molar-refractivity contribution in [3.05, 3.63) is 29.8 Å². The third-order valence-electron chi connectivity index (χ3n) is 1.84. The zero-order valence-electron chi connectivity index (χ0n) is 7.64.